The van der Waals surface area contributed by atoms with Crippen LogP contribution in [0.3, 0.4) is 0 Å². The Bertz CT molecular complexity index is 900. The van der Waals surface area contributed by atoms with Crippen LogP contribution in [0.25, 0.3) is 11.0 Å². The quantitative estimate of drug-likeness (QED) is 0.796. The molecule has 1 aromatic heterocycles. The largest absolute Gasteiger partial charge is 0.508 e. The molecule has 1 aliphatic rings. The van der Waals surface area contributed by atoms with Gasteiger partial charge in [0.05, 0.1) is 5.52 Å². The predicted molar refractivity (Wildman–Crippen MR) is 96.3 cm³/mol. The topological polar surface area (TPSA) is 44.5 Å². The second kappa shape index (κ2) is 6.37. The lowest BCUT2D eigenvalue weighted by molar-refractivity contribution is 0.248. The number of halogens is 1. The summed E-state index contributed by atoms with van der Waals surface area (Å²) in [6.45, 7) is 4.32. The molecule has 5 nitrogen and oxygen atoms in total. The number of imidazole rings is 1. The lowest BCUT2D eigenvalue weighted by atomic mass is 10.2. The molecule has 0 bridgehead atoms. The van der Waals surface area contributed by atoms with E-state index in [1.165, 1.54) is 6.07 Å². The van der Waals surface area contributed by atoms with Crippen molar-refractivity contribution in [2.45, 2.75) is 6.54 Å². The van der Waals surface area contributed by atoms with Crippen molar-refractivity contribution in [3.63, 3.8) is 0 Å². The molecule has 1 saturated heterocycles. The summed E-state index contributed by atoms with van der Waals surface area (Å²) in [5.41, 5.74) is 2.36. The van der Waals surface area contributed by atoms with Gasteiger partial charge in [-0.1, -0.05) is 18.2 Å². The highest BCUT2D eigenvalue weighted by Gasteiger charge is 2.22. The fraction of sp³-hybridized carbons (Fsp3) is 0.316. The molecule has 0 spiro atoms. The molecule has 0 unspecified atom stereocenters. The molecular formula is C19H21FN4O. The molecular weight excluding hydrogens is 319 g/mol. The number of anilines is 1. The van der Waals surface area contributed by atoms with E-state index in [2.05, 4.69) is 14.8 Å². The Hall–Kier alpha value is -2.60. The van der Waals surface area contributed by atoms with Gasteiger partial charge in [-0.15, -0.1) is 0 Å². The minimum Gasteiger partial charge on any atom is -0.508 e. The van der Waals surface area contributed by atoms with Crippen LogP contribution in [-0.4, -0.2) is 45.7 Å². The molecule has 4 rings (SSSR count). The number of rotatable bonds is 3. The van der Waals surface area contributed by atoms with Gasteiger partial charge in [0.1, 0.15) is 17.1 Å². The van der Waals surface area contributed by atoms with E-state index >= 15 is 0 Å². The number of hydrogen-bond acceptors (Lipinski definition) is 4. The van der Waals surface area contributed by atoms with E-state index in [9.17, 15) is 9.50 Å². The molecule has 1 fully saturated rings. The van der Waals surface area contributed by atoms with Gasteiger partial charge in [0.15, 0.2) is 0 Å². The highest BCUT2D eigenvalue weighted by atomic mass is 19.1. The average molecular weight is 340 g/mol. The molecule has 2 heterocycles. The summed E-state index contributed by atoms with van der Waals surface area (Å²) in [5, 5.41) is 9.59. The lowest BCUT2D eigenvalue weighted by Gasteiger charge is -2.35. The van der Waals surface area contributed by atoms with E-state index < -0.39 is 0 Å². The van der Waals surface area contributed by atoms with Gasteiger partial charge in [-0.05, 0) is 29.8 Å². The Morgan fingerprint density at radius 3 is 2.56 bits per heavy atom. The standard InChI is InChI=1S/C19H21FN4O/c1-22-18-16(20)6-3-7-17(18)21-19(22)24-10-8-23(9-11-24)13-14-4-2-5-15(25)12-14/h2-7,12,25H,8-11,13H2,1H3. The number of benzene rings is 2. The van der Waals surface area contributed by atoms with Crippen molar-refractivity contribution >= 4 is 17.0 Å². The third-order valence-electron chi connectivity index (χ3n) is 4.79. The number of phenolic OH excluding ortho intramolecular Hbond substituents is 1. The van der Waals surface area contributed by atoms with E-state index in [0.29, 0.717) is 16.8 Å². The van der Waals surface area contributed by atoms with E-state index in [-0.39, 0.29) is 5.82 Å². The predicted octanol–water partition coefficient (Wildman–Crippen LogP) is 2.74. The van der Waals surface area contributed by atoms with Crippen LogP contribution in [0.5, 0.6) is 5.75 Å². The minimum atomic E-state index is -0.235. The zero-order valence-corrected chi connectivity index (χ0v) is 14.2. The zero-order chi connectivity index (χ0) is 17.4. The molecule has 0 saturated carbocycles. The SMILES string of the molecule is Cn1c(N2CCN(Cc3cccc(O)c3)CC2)nc2cccc(F)c21. The highest BCUT2D eigenvalue weighted by molar-refractivity contribution is 5.79. The summed E-state index contributed by atoms with van der Waals surface area (Å²) in [5.74, 6) is 0.885. The van der Waals surface area contributed by atoms with Gasteiger partial charge in [0.2, 0.25) is 5.95 Å². The third kappa shape index (κ3) is 3.05. The number of para-hydroxylation sites is 1. The molecule has 3 aromatic rings. The van der Waals surface area contributed by atoms with Crippen LogP contribution >= 0.6 is 0 Å². The first-order chi connectivity index (χ1) is 12.1. The van der Waals surface area contributed by atoms with E-state index in [1.54, 1.807) is 18.2 Å². The first-order valence-corrected chi connectivity index (χ1v) is 8.48. The second-order valence-corrected chi connectivity index (χ2v) is 6.51. The van der Waals surface area contributed by atoms with E-state index in [1.807, 2.05) is 29.8 Å². The maximum Gasteiger partial charge on any atom is 0.206 e. The number of phenols is 1. The Morgan fingerprint density at radius 1 is 1.08 bits per heavy atom. The Kier molecular flexibility index (Phi) is 4.05. The van der Waals surface area contributed by atoms with Crippen molar-refractivity contribution in [3.05, 3.63) is 53.8 Å². The maximum absolute atomic E-state index is 14.1. The van der Waals surface area contributed by atoms with Crippen molar-refractivity contribution in [1.82, 2.24) is 14.5 Å². The number of fused-ring (bicyclic) bond motifs is 1. The molecule has 1 aliphatic heterocycles. The molecule has 25 heavy (non-hydrogen) atoms. The summed E-state index contributed by atoms with van der Waals surface area (Å²) >= 11 is 0. The van der Waals surface area contributed by atoms with Crippen molar-refractivity contribution in [3.8, 4) is 5.75 Å². The molecule has 1 N–H and O–H groups in total. The van der Waals surface area contributed by atoms with Crippen LogP contribution in [0.15, 0.2) is 42.5 Å². The third-order valence-corrected chi connectivity index (χ3v) is 4.79. The zero-order valence-electron chi connectivity index (χ0n) is 14.2. The van der Waals surface area contributed by atoms with Crippen LogP contribution in [0.2, 0.25) is 0 Å². The summed E-state index contributed by atoms with van der Waals surface area (Å²) in [7, 11) is 1.87. The van der Waals surface area contributed by atoms with Crippen molar-refractivity contribution in [2.24, 2.45) is 7.05 Å². The number of piperazine rings is 1. The highest BCUT2D eigenvalue weighted by Crippen LogP contribution is 2.24. The average Bonchev–Trinajstić information content (AvgIpc) is 2.94. The van der Waals surface area contributed by atoms with Crippen molar-refractivity contribution in [1.29, 1.82) is 0 Å². The summed E-state index contributed by atoms with van der Waals surface area (Å²) in [6.07, 6.45) is 0. The van der Waals surface area contributed by atoms with Crippen LogP contribution in [0.1, 0.15) is 5.56 Å². The maximum atomic E-state index is 14.1. The summed E-state index contributed by atoms with van der Waals surface area (Å²) in [6, 6.07) is 12.4. The summed E-state index contributed by atoms with van der Waals surface area (Å²) in [4.78, 5) is 9.18. The van der Waals surface area contributed by atoms with Gasteiger partial charge in [-0.25, -0.2) is 9.37 Å². The van der Waals surface area contributed by atoms with Crippen LogP contribution in [0.4, 0.5) is 10.3 Å². The molecule has 6 heteroatoms. The monoisotopic (exact) mass is 340 g/mol. The molecule has 0 aliphatic carbocycles. The molecule has 0 amide bonds. The Balaban J connectivity index is 1.47. The van der Waals surface area contributed by atoms with Gasteiger partial charge in [0.25, 0.3) is 0 Å². The molecule has 0 atom stereocenters. The number of hydrogen-bond donors (Lipinski definition) is 1. The van der Waals surface area contributed by atoms with Gasteiger partial charge >= 0.3 is 0 Å². The van der Waals surface area contributed by atoms with Crippen molar-refractivity contribution < 1.29 is 9.50 Å². The fourth-order valence-electron chi connectivity index (χ4n) is 3.51. The van der Waals surface area contributed by atoms with Gasteiger partial charge in [0, 0.05) is 39.8 Å². The smallest absolute Gasteiger partial charge is 0.206 e. The first kappa shape index (κ1) is 15.9. The number of aromatic nitrogens is 2. The van der Waals surface area contributed by atoms with E-state index in [0.717, 1.165) is 44.2 Å². The summed E-state index contributed by atoms with van der Waals surface area (Å²) < 4.78 is 15.9. The fourth-order valence-corrected chi connectivity index (χ4v) is 3.51. The van der Waals surface area contributed by atoms with Crippen molar-refractivity contribution in [2.75, 3.05) is 31.1 Å². The minimum absolute atomic E-state index is 0.235. The second-order valence-electron chi connectivity index (χ2n) is 6.51. The van der Waals surface area contributed by atoms with Crippen LogP contribution in [0, 0.1) is 5.82 Å². The Morgan fingerprint density at radius 2 is 1.84 bits per heavy atom. The molecule has 130 valence electrons. The number of nitrogens with zero attached hydrogens (tertiary/aromatic N) is 4. The van der Waals surface area contributed by atoms with Gasteiger partial charge < -0.3 is 14.6 Å². The van der Waals surface area contributed by atoms with Gasteiger partial charge in [-0.2, -0.15) is 0 Å². The number of aromatic hydroxyl groups is 1. The molecule has 2 aromatic carbocycles. The number of aryl methyl sites for hydroxylation is 1. The first-order valence-electron chi connectivity index (χ1n) is 8.48. The lowest BCUT2D eigenvalue weighted by Crippen LogP contribution is -2.46. The van der Waals surface area contributed by atoms with E-state index in [4.69, 9.17) is 0 Å². The Labute approximate surface area is 145 Å². The van der Waals surface area contributed by atoms with Crippen LogP contribution < -0.4 is 4.90 Å². The van der Waals surface area contributed by atoms with Gasteiger partial charge in [-0.3, -0.25) is 4.90 Å². The van der Waals surface area contributed by atoms with Crippen LogP contribution in [-0.2, 0) is 13.6 Å². The normalized spacial score (nSPS) is 15.8. The molecule has 0 radical (unpaired) electrons.